The number of carbonyl (C=O) groups excluding carboxylic acids is 3. The molecule has 6 heteroatoms. The first-order valence-corrected chi connectivity index (χ1v) is 26.1. The summed E-state index contributed by atoms with van der Waals surface area (Å²) in [5.41, 5.74) is 0. The highest BCUT2D eigenvalue weighted by Crippen LogP contribution is 2.13. The lowest BCUT2D eigenvalue weighted by molar-refractivity contribution is -0.167. The Labute approximate surface area is 399 Å². The number of allylic oxidation sites excluding steroid dienone is 20. The van der Waals surface area contributed by atoms with Crippen molar-refractivity contribution in [2.75, 3.05) is 13.2 Å². The van der Waals surface area contributed by atoms with Crippen LogP contribution in [0.2, 0.25) is 0 Å². The first kappa shape index (κ1) is 60.8. The van der Waals surface area contributed by atoms with Gasteiger partial charge in [0.2, 0.25) is 0 Å². The lowest BCUT2D eigenvalue weighted by atomic mass is 10.1. The first-order valence-electron chi connectivity index (χ1n) is 26.1. The summed E-state index contributed by atoms with van der Waals surface area (Å²) in [6.45, 7) is 6.33. The zero-order valence-electron chi connectivity index (χ0n) is 41.7. The number of hydrogen-bond acceptors (Lipinski definition) is 6. The molecule has 0 saturated heterocycles. The number of carbonyl (C=O) groups is 3. The van der Waals surface area contributed by atoms with Crippen molar-refractivity contribution in [1.29, 1.82) is 0 Å². The minimum atomic E-state index is -0.834. The molecule has 65 heavy (non-hydrogen) atoms. The second-order valence-corrected chi connectivity index (χ2v) is 16.8. The lowest BCUT2D eigenvalue weighted by Gasteiger charge is -2.18. The highest BCUT2D eigenvalue weighted by Gasteiger charge is 2.19. The first-order chi connectivity index (χ1) is 32.0. The SMILES string of the molecule is CC\C=C/C=C\C=C/C=C\C=C/CCCC(=O)OCC(COC(=O)CCC/C=C\C/C=C\C/C=C\C/C=C\CCCCC)OC(=O)CCCCCCCCC/C=C\CCCCCCCC. The number of esters is 3. The predicted molar refractivity (Wildman–Crippen MR) is 279 cm³/mol. The topological polar surface area (TPSA) is 78.9 Å². The minimum absolute atomic E-state index is 0.134. The van der Waals surface area contributed by atoms with Gasteiger partial charge in [-0.1, -0.05) is 219 Å². The number of rotatable bonds is 45. The Balaban J connectivity index is 4.58. The molecule has 0 heterocycles. The van der Waals surface area contributed by atoms with Gasteiger partial charge < -0.3 is 14.2 Å². The molecule has 0 saturated carbocycles. The normalized spacial score (nSPS) is 13.1. The van der Waals surface area contributed by atoms with Crippen LogP contribution < -0.4 is 0 Å². The Hall–Kier alpha value is -4.19. The van der Waals surface area contributed by atoms with Crippen LogP contribution in [-0.2, 0) is 28.6 Å². The summed E-state index contributed by atoms with van der Waals surface area (Å²) in [7, 11) is 0. The molecule has 0 N–H and O–H groups in total. The van der Waals surface area contributed by atoms with Gasteiger partial charge in [0.1, 0.15) is 13.2 Å². The maximum absolute atomic E-state index is 12.8. The van der Waals surface area contributed by atoms with E-state index in [9.17, 15) is 14.4 Å². The summed E-state index contributed by atoms with van der Waals surface area (Å²) in [5.74, 6) is -1.07. The third-order valence-electron chi connectivity index (χ3n) is 10.5. The molecule has 0 rings (SSSR count). The molecule has 0 spiro atoms. The number of unbranched alkanes of at least 4 members (excludes halogenated alkanes) is 18. The van der Waals surface area contributed by atoms with Crippen LogP contribution >= 0.6 is 0 Å². The molecule has 0 bridgehead atoms. The standard InChI is InChI=1S/C59H94O6/c1-4-7-10-13-16-19-22-25-27-29-31-34-37-40-43-46-49-52-58(61)64-55-56(54-63-57(60)51-48-45-42-39-36-33-24-21-18-15-12-9-6-3)65-59(62)53-50-47-44-41-38-35-32-30-28-26-23-20-17-14-11-8-5-2/h9,12,15-16,18-19,21,24-28,31,33-34,36,39-40,42-43,56H,4-8,10-11,13-14,17,20,22-23,29-30,32,35,37-38,41,44-55H2,1-3H3/b12-9-,18-15-,19-16-,24-21-,27-25-,28-26-,34-31-,36-33-,42-39-,43-40-. The van der Waals surface area contributed by atoms with E-state index in [2.05, 4.69) is 87.6 Å². The second kappa shape index (κ2) is 52.4. The third kappa shape index (κ3) is 50.7. The van der Waals surface area contributed by atoms with Gasteiger partial charge in [-0.2, -0.15) is 0 Å². The number of ether oxygens (including phenoxy) is 3. The van der Waals surface area contributed by atoms with Gasteiger partial charge in [-0.05, 0) is 96.3 Å². The van der Waals surface area contributed by atoms with E-state index in [1.54, 1.807) is 0 Å². The van der Waals surface area contributed by atoms with E-state index in [0.717, 1.165) is 57.8 Å². The maximum atomic E-state index is 12.8. The van der Waals surface area contributed by atoms with E-state index >= 15 is 0 Å². The summed E-state index contributed by atoms with van der Waals surface area (Å²) in [6, 6.07) is 0. The van der Waals surface area contributed by atoms with Crippen molar-refractivity contribution in [3.8, 4) is 0 Å². The molecule has 1 atom stereocenters. The highest BCUT2D eigenvalue weighted by molar-refractivity contribution is 5.71. The van der Waals surface area contributed by atoms with Crippen LogP contribution in [0.3, 0.4) is 0 Å². The summed E-state index contributed by atoms with van der Waals surface area (Å²) in [4.78, 5) is 37.9. The molecule has 0 aromatic rings. The molecular weight excluding hydrogens is 805 g/mol. The smallest absolute Gasteiger partial charge is 0.306 e. The molecular formula is C59H94O6. The fraction of sp³-hybridized carbons (Fsp3) is 0.610. The monoisotopic (exact) mass is 899 g/mol. The second-order valence-electron chi connectivity index (χ2n) is 16.8. The molecule has 0 aliphatic heterocycles. The fourth-order valence-corrected chi connectivity index (χ4v) is 6.63. The quantitative estimate of drug-likeness (QED) is 0.0199. The molecule has 0 fully saturated rings. The van der Waals surface area contributed by atoms with Gasteiger partial charge in [-0.3, -0.25) is 14.4 Å². The van der Waals surface area contributed by atoms with Crippen molar-refractivity contribution in [3.63, 3.8) is 0 Å². The maximum Gasteiger partial charge on any atom is 0.306 e. The van der Waals surface area contributed by atoms with Gasteiger partial charge in [0.25, 0.3) is 0 Å². The summed E-state index contributed by atoms with van der Waals surface area (Å²) < 4.78 is 16.7. The average Bonchev–Trinajstić information content (AvgIpc) is 3.30. The molecule has 0 aliphatic rings. The molecule has 0 amide bonds. The van der Waals surface area contributed by atoms with Crippen LogP contribution in [-0.4, -0.2) is 37.2 Å². The average molecular weight is 899 g/mol. The molecule has 366 valence electrons. The van der Waals surface area contributed by atoms with Crippen LogP contribution in [0, 0.1) is 0 Å². The Morgan fingerprint density at radius 1 is 0.338 bits per heavy atom. The van der Waals surface area contributed by atoms with E-state index in [-0.39, 0.29) is 44.0 Å². The van der Waals surface area contributed by atoms with E-state index in [1.807, 2.05) is 54.7 Å². The van der Waals surface area contributed by atoms with E-state index in [4.69, 9.17) is 14.2 Å². The molecule has 0 aromatic heterocycles. The molecule has 1 unspecified atom stereocenters. The van der Waals surface area contributed by atoms with Gasteiger partial charge >= 0.3 is 17.9 Å². The van der Waals surface area contributed by atoms with E-state index in [1.165, 1.54) is 103 Å². The van der Waals surface area contributed by atoms with Gasteiger partial charge in [0.15, 0.2) is 6.10 Å². The molecule has 0 aromatic carbocycles. The van der Waals surface area contributed by atoms with Crippen molar-refractivity contribution in [1.82, 2.24) is 0 Å². The Bertz CT molecular complexity index is 1400. The van der Waals surface area contributed by atoms with Crippen LogP contribution in [0.15, 0.2) is 122 Å². The van der Waals surface area contributed by atoms with Crippen molar-refractivity contribution in [3.05, 3.63) is 122 Å². The zero-order valence-corrected chi connectivity index (χ0v) is 41.7. The van der Waals surface area contributed by atoms with Crippen molar-refractivity contribution >= 4 is 17.9 Å². The summed E-state index contributed by atoms with van der Waals surface area (Å²) in [6.07, 6.45) is 71.9. The van der Waals surface area contributed by atoms with Crippen molar-refractivity contribution in [2.24, 2.45) is 0 Å². The molecule has 0 radical (unpaired) electrons. The zero-order chi connectivity index (χ0) is 47.2. The van der Waals surface area contributed by atoms with E-state index in [0.29, 0.717) is 19.3 Å². The molecule has 6 nitrogen and oxygen atoms in total. The number of hydrogen-bond donors (Lipinski definition) is 0. The Morgan fingerprint density at radius 2 is 0.677 bits per heavy atom. The van der Waals surface area contributed by atoms with Crippen molar-refractivity contribution < 1.29 is 28.6 Å². The predicted octanol–water partition coefficient (Wildman–Crippen LogP) is 17.3. The summed E-state index contributed by atoms with van der Waals surface area (Å²) >= 11 is 0. The van der Waals surface area contributed by atoms with Gasteiger partial charge in [-0.15, -0.1) is 0 Å². The highest BCUT2D eigenvalue weighted by atomic mass is 16.6. The third-order valence-corrected chi connectivity index (χ3v) is 10.5. The Morgan fingerprint density at radius 3 is 1.17 bits per heavy atom. The van der Waals surface area contributed by atoms with Crippen LogP contribution in [0.4, 0.5) is 0 Å². The minimum Gasteiger partial charge on any atom is -0.462 e. The van der Waals surface area contributed by atoms with Gasteiger partial charge in [0, 0.05) is 19.3 Å². The van der Waals surface area contributed by atoms with Crippen LogP contribution in [0.5, 0.6) is 0 Å². The van der Waals surface area contributed by atoms with Crippen LogP contribution in [0.25, 0.3) is 0 Å². The van der Waals surface area contributed by atoms with Crippen molar-refractivity contribution in [2.45, 2.75) is 219 Å². The van der Waals surface area contributed by atoms with E-state index < -0.39 is 6.10 Å². The Kier molecular flexibility index (Phi) is 49.1. The summed E-state index contributed by atoms with van der Waals surface area (Å²) in [5, 5.41) is 0. The lowest BCUT2D eigenvalue weighted by Crippen LogP contribution is -2.30. The van der Waals surface area contributed by atoms with Gasteiger partial charge in [-0.25, -0.2) is 0 Å². The van der Waals surface area contributed by atoms with Gasteiger partial charge in [0.05, 0.1) is 0 Å². The van der Waals surface area contributed by atoms with Crippen LogP contribution in [0.1, 0.15) is 213 Å². The molecule has 0 aliphatic carbocycles. The largest absolute Gasteiger partial charge is 0.462 e. The fourth-order valence-electron chi connectivity index (χ4n) is 6.63.